The van der Waals surface area contributed by atoms with Gasteiger partial charge >= 0.3 is 0 Å². The summed E-state index contributed by atoms with van der Waals surface area (Å²) in [4.78, 5) is 20.0. The van der Waals surface area contributed by atoms with Gasteiger partial charge in [-0.25, -0.2) is 9.37 Å². The molecule has 1 saturated heterocycles. The molecule has 2 aromatic carbocycles. The van der Waals surface area contributed by atoms with Gasteiger partial charge in [0, 0.05) is 17.1 Å². The summed E-state index contributed by atoms with van der Waals surface area (Å²) in [5, 5.41) is 17.4. The summed E-state index contributed by atoms with van der Waals surface area (Å²) in [6, 6.07) is 13.8. The summed E-state index contributed by atoms with van der Waals surface area (Å²) in [6.45, 7) is 0.565. The van der Waals surface area contributed by atoms with Gasteiger partial charge in [0.05, 0.1) is 19.4 Å². The molecule has 1 amide bonds. The predicted octanol–water partition coefficient (Wildman–Crippen LogP) is 2.81. The molecule has 0 bridgehead atoms. The molecule has 4 rings (SSSR count). The van der Waals surface area contributed by atoms with E-state index in [1.807, 2.05) is 0 Å². The lowest BCUT2D eigenvalue weighted by Gasteiger charge is -2.11. The van der Waals surface area contributed by atoms with Crippen molar-refractivity contribution in [2.45, 2.75) is 6.10 Å². The highest BCUT2D eigenvalue weighted by Gasteiger charge is 2.31. The standard InChI is InChI=1S/C21H20FN5O4/c22-17-11-23-21(26-13-4-6-16(7-5-13)30-9-8-28)27-19(17)24-14-2-1-3-15(10-14)25-20(29)18-12-31-18/h1-7,10-11,18,28H,8-9,12H2,(H,25,29)(H2,23,24,26,27)/t18-/m1/s1. The maximum Gasteiger partial charge on any atom is 0.255 e. The first-order valence-corrected chi connectivity index (χ1v) is 9.53. The third-order valence-corrected chi connectivity index (χ3v) is 4.23. The number of carbonyl (C=O) groups is 1. The Morgan fingerprint density at radius 1 is 1.16 bits per heavy atom. The molecule has 0 saturated carbocycles. The lowest BCUT2D eigenvalue weighted by molar-refractivity contribution is -0.117. The zero-order valence-electron chi connectivity index (χ0n) is 16.3. The van der Waals surface area contributed by atoms with Gasteiger partial charge in [0.25, 0.3) is 5.91 Å². The Morgan fingerprint density at radius 3 is 2.68 bits per heavy atom. The van der Waals surface area contributed by atoms with Crippen molar-refractivity contribution >= 4 is 34.7 Å². The van der Waals surface area contributed by atoms with Crippen LogP contribution in [0.2, 0.25) is 0 Å². The number of aliphatic hydroxyl groups excluding tert-OH is 1. The number of benzene rings is 2. The van der Waals surface area contributed by atoms with E-state index in [0.717, 1.165) is 6.20 Å². The van der Waals surface area contributed by atoms with E-state index >= 15 is 0 Å². The fourth-order valence-electron chi connectivity index (χ4n) is 2.68. The molecule has 0 radical (unpaired) electrons. The highest BCUT2D eigenvalue weighted by molar-refractivity contribution is 5.96. The van der Waals surface area contributed by atoms with Crippen LogP contribution in [-0.2, 0) is 9.53 Å². The highest BCUT2D eigenvalue weighted by atomic mass is 19.1. The zero-order valence-corrected chi connectivity index (χ0v) is 16.3. The molecule has 3 aromatic rings. The predicted molar refractivity (Wildman–Crippen MR) is 112 cm³/mol. The van der Waals surface area contributed by atoms with Crippen molar-refractivity contribution in [2.24, 2.45) is 0 Å². The van der Waals surface area contributed by atoms with Gasteiger partial charge in [0.1, 0.15) is 12.4 Å². The molecule has 2 heterocycles. The average Bonchev–Trinajstić information content (AvgIpc) is 3.62. The Labute approximate surface area is 177 Å². The van der Waals surface area contributed by atoms with Crippen LogP contribution in [-0.4, -0.2) is 46.9 Å². The van der Waals surface area contributed by atoms with Crippen molar-refractivity contribution in [3.8, 4) is 5.75 Å². The second kappa shape index (κ2) is 9.37. The van der Waals surface area contributed by atoms with Gasteiger partial charge in [-0.15, -0.1) is 0 Å². The minimum atomic E-state index is -0.626. The van der Waals surface area contributed by atoms with Gasteiger partial charge in [-0.05, 0) is 42.5 Å². The summed E-state index contributed by atoms with van der Waals surface area (Å²) in [6.07, 6.45) is 0.659. The Morgan fingerprint density at radius 2 is 1.94 bits per heavy atom. The van der Waals surface area contributed by atoms with Gasteiger partial charge in [-0.1, -0.05) is 6.07 Å². The molecular weight excluding hydrogens is 405 g/mol. The van der Waals surface area contributed by atoms with E-state index < -0.39 is 11.9 Å². The van der Waals surface area contributed by atoms with Gasteiger partial charge in [-0.3, -0.25) is 4.79 Å². The molecule has 1 aliphatic rings. The molecular formula is C21H20FN5O4. The number of carbonyl (C=O) groups excluding carboxylic acids is 1. The number of hydrogen-bond donors (Lipinski definition) is 4. The van der Waals surface area contributed by atoms with E-state index in [1.165, 1.54) is 0 Å². The monoisotopic (exact) mass is 425 g/mol. The van der Waals surface area contributed by atoms with E-state index in [0.29, 0.717) is 29.4 Å². The van der Waals surface area contributed by atoms with Gasteiger partial charge in [0.15, 0.2) is 17.7 Å². The van der Waals surface area contributed by atoms with Gasteiger partial charge in [-0.2, -0.15) is 4.98 Å². The van der Waals surface area contributed by atoms with E-state index in [2.05, 4.69) is 25.9 Å². The first-order chi connectivity index (χ1) is 15.1. The van der Waals surface area contributed by atoms with Gasteiger partial charge < -0.3 is 30.5 Å². The maximum absolute atomic E-state index is 14.3. The summed E-state index contributed by atoms with van der Waals surface area (Å²) in [7, 11) is 0. The van der Waals surface area contributed by atoms with Crippen LogP contribution < -0.4 is 20.7 Å². The van der Waals surface area contributed by atoms with Crippen LogP contribution in [0.5, 0.6) is 5.75 Å². The Balaban J connectivity index is 1.43. The Hall–Kier alpha value is -3.76. The quantitative estimate of drug-likeness (QED) is 0.386. The van der Waals surface area contributed by atoms with Crippen molar-refractivity contribution < 1.29 is 23.8 Å². The number of epoxide rings is 1. The lowest BCUT2D eigenvalue weighted by atomic mass is 10.2. The summed E-state index contributed by atoms with van der Waals surface area (Å²) >= 11 is 0. The van der Waals surface area contributed by atoms with E-state index in [4.69, 9.17) is 14.6 Å². The number of nitrogens with zero attached hydrogens (tertiary/aromatic N) is 2. The topological polar surface area (TPSA) is 121 Å². The van der Waals surface area contributed by atoms with Crippen LogP contribution in [0.25, 0.3) is 0 Å². The number of rotatable bonds is 9. The number of ether oxygens (including phenoxy) is 2. The Bertz CT molecular complexity index is 1060. The Kier molecular flexibility index (Phi) is 6.20. The normalized spacial score (nSPS) is 14.6. The SMILES string of the molecule is O=C(Nc1cccc(Nc2nc(Nc3ccc(OCCO)cc3)ncc2F)c1)[C@H]1CO1. The first kappa shape index (κ1) is 20.5. The first-order valence-electron chi connectivity index (χ1n) is 9.53. The van der Waals surface area contributed by atoms with Gasteiger partial charge in [0.2, 0.25) is 5.95 Å². The summed E-state index contributed by atoms with van der Waals surface area (Å²) < 4.78 is 24.5. The number of anilines is 5. The number of hydrogen-bond acceptors (Lipinski definition) is 8. The van der Waals surface area contributed by atoms with E-state index in [9.17, 15) is 9.18 Å². The molecule has 1 aliphatic heterocycles. The van der Waals surface area contributed by atoms with Crippen molar-refractivity contribution in [3.63, 3.8) is 0 Å². The molecule has 0 unspecified atom stereocenters. The van der Waals surface area contributed by atoms with E-state index in [1.54, 1.807) is 48.5 Å². The smallest absolute Gasteiger partial charge is 0.255 e. The molecule has 0 spiro atoms. The molecule has 9 nitrogen and oxygen atoms in total. The largest absolute Gasteiger partial charge is 0.491 e. The number of amides is 1. The molecule has 1 aromatic heterocycles. The van der Waals surface area contributed by atoms with Crippen LogP contribution in [0.3, 0.4) is 0 Å². The number of halogens is 1. The maximum atomic E-state index is 14.3. The molecule has 1 fully saturated rings. The second-order valence-corrected chi connectivity index (χ2v) is 6.63. The van der Waals surface area contributed by atoms with Crippen molar-refractivity contribution in [3.05, 3.63) is 60.5 Å². The molecule has 160 valence electrons. The number of nitrogens with one attached hydrogen (secondary N) is 3. The fourth-order valence-corrected chi connectivity index (χ4v) is 2.68. The molecule has 4 N–H and O–H groups in total. The van der Waals surface area contributed by atoms with Crippen LogP contribution in [0, 0.1) is 5.82 Å². The molecule has 10 heteroatoms. The van der Waals surface area contributed by atoms with Crippen molar-refractivity contribution in [1.29, 1.82) is 0 Å². The van der Waals surface area contributed by atoms with Crippen molar-refractivity contribution in [1.82, 2.24) is 9.97 Å². The lowest BCUT2D eigenvalue weighted by Crippen LogP contribution is -2.17. The van der Waals surface area contributed by atoms with Crippen LogP contribution in [0.15, 0.2) is 54.7 Å². The molecule has 1 atom stereocenters. The number of aliphatic hydroxyl groups is 1. The molecule has 0 aliphatic carbocycles. The van der Waals surface area contributed by atoms with Crippen LogP contribution in [0.1, 0.15) is 0 Å². The number of aromatic nitrogens is 2. The second-order valence-electron chi connectivity index (χ2n) is 6.63. The van der Waals surface area contributed by atoms with Crippen molar-refractivity contribution in [2.75, 3.05) is 35.8 Å². The van der Waals surface area contributed by atoms with Crippen LogP contribution in [0.4, 0.5) is 33.2 Å². The third kappa shape index (κ3) is 5.65. The average molecular weight is 425 g/mol. The molecule has 31 heavy (non-hydrogen) atoms. The minimum Gasteiger partial charge on any atom is -0.491 e. The van der Waals surface area contributed by atoms with Crippen LogP contribution >= 0.6 is 0 Å². The van der Waals surface area contributed by atoms with E-state index in [-0.39, 0.29) is 30.9 Å². The summed E-state index contributed by atoms with van der Waals surface area (Å²) in [5.74, 6) is -0.0522. The highest BCUT2D eigenvalue weighted by Crippen LogP contribution is 2.24. The minimum absolute atomic E-state index is 0.0191. The zero-order chi connectivity index (χ0) is 21.6. The third-order valence-electron chi connectivity index (χ3n) is 4.23. The summed E-state index contributed by atoms with van der Waals surface area (Å²) in [5.41, 5.74) is 1.78. The fraction of sp³-hybridized carbons (Fsp3) is 0.190.